The van der Waals surface area contributed by atoms with E-state index in [1.54, 1.807) is 0 Å². The molecule has 0 radical (unpaired) electrons. The van der Waals surface area contributed by atoms with Crippen molar-refractivity contribution in [3.05, 3.63) is 23.8 Å². The molecule has 0 saturated heterocycles. The minimum atomic E-state index is 0.825. The molecule has 2 nitrogen and oxygen atoms in total. The first kappa shape index (κ1) is 11.6. The lowest BCUT2D eigenvalue weighted by Gasteiger charge is -2.25. The highest BCUT2D eigenvalue weighted by atomic mass is 16.5. The third-order valence-electron chi connectivity index (χ3n) is 5.39. The van der Waals surface area contributed by atoms with Crippen molar-refractivity contribution in [2.24, 2.45) is 17.8 Å². The summed E-state index contributed by atoms with van der Waals surface area (Å²) in [5.41, 5.74) is 2.69. The van der Waals surface area contributed by atoms with Crippen molar-refractivity contribution in [1.82, 2.24) is 0 Å². The summed E-state index contributed by atoms with van der Waals surface area (Å²) in [6.45, 7) is 2.04. The van der Waals surface area contributed by atoms with Gasteiger partial charge in [-0.1, -0.05) is 12.5 Å². The Balaban J connectivity index is 1.45. The van der Waals surface area contributed by atoms with E-state index in [4.69, 9.17) is 4.74 Å². The van der Waals surface area contributed by atoms with Crippen LogP contribution < -0.4 is 10.1 Å². The summed E-state index contributed by atoms with van der Waals surface area (Å²) < 4.78 is 6.20. The largest absolute Gasteiger partial charge is 0.493 e. The molecule has 2 aliphatic carbocycles. The predicted octanol–water partition coefficient (Wildman–Crippen LogP) is 3.86. The molecule has 4 rings (SSSR count). The number of fused-ring (bicyclic) bond motifs is 3. The van der Waals surface area contributed by atoms with Crippen LogP contribution in [0.4, 0.5) is 5.69 Å². The quantitative estimate of drug-likeness (QED) is 0.887. The molecular weight excluding hydrogens is 234 g/mol. The first-order valence-electron chi connectivity index (χ1n) is 7.88. The van der Waals surface area contributed by atoms with Crippen LogP contribution in [0.15, 0.2) is 18.2 Å². The Morgan fingerprint density at radius 2 is 2.21 bits per heavy atom. The van der Waals surface area contributed by atoms with E-state index in [9.17, 15) is 0 Å². The molecule has 2 saturated carbocycles. The number of anilines is 1. The molecule has 1 aliphatic heterocycles. The molecule has 1 heterocycles. The maximum Gasteiger partial charge on any atom is 0.124 e. The van der Waals surface area contributed by atoms with E-state index in [1.807, 2.05) is 0 Å². The highest BCUT2D eigenvalue weighted by molar-refractivity contribution is 5.59. The van der Waals surface area contributed by atoms with Crippen LogP contribution in [0, 0.1) is 17.8 Å². The highest BCUT2D eigenvalue weighted by Gasteiger charge is 2.39. The van der Waals surface area contributed by atoms with E-state index in [0.717, 1.165) is 43.1 Å². The molecule has 0 aromatic heterocycles. The Bertz CT molecular complexity index is 470. The van der Waals surface area contributed by atoms with Gasteiger partial charge in [-0.15, -0.1) is 0 Å². The molecule has 0 spiro atoms. The lowest BCUT2D eigenvalue weighted by molar-refractivity contribution is 0.194. The molecule has 19 heavy (non-hydrogen) atoms. The average molecular weight is 257 g/mol. The summed E-state index contributed by atoms with van der Waals surface area (Å²) in [6.07, 6.45) is 8.20. The lowest BCUT2D eigenvalue weighted by Crippen LogP contribution is -2.20. The van der Waals surface area contributed by atoms with Gasteiger partial charge in [0.15, 0.2) is 0 Å². The van der Waals surface area contributed by atoms with Crippen molar-refractivity contribution < 1.29 is 4.74 Å². The first-order chi connectivity index (χ1) is 9.40. The fourth-order valence-corrected chi connectivity index (χ4v) is 4.39. The van der Waals surface area contributed by atoms with Gasteiger partial charge in [0.05, 0.1) is 6.61 Å². The van der Waals surface area contributed by atoms with E-state index in [0.29, 0.717) is 0 Å². The topological polar surface area (TPSA) is 21.3 Å². The Morgan fingerprint density at radius 3 is 3.05 bits per heavy atom. The van der Waals surface area contributed by atoms with Gasteiger partial charge in [0.2, 0.25) is 0 Å². The van der Waals surface area contributed by atoms with Gasteiger partial charge in [-0.25, -0.2) is 0 Å². The molecule has 0 amide bonds. The Morgan fingerprint density at radius 1 is 1.21 bits per heavy atom. The summed E-state index contributed by atoms with van der Waals surface area (Å²) in [7, 11) is 0. The van der Waals surface area contributed by atoms with E-state index in [1.165, 1.54) is 43.4 Å². The summed E-state index contributed by atoms with van der Waals surface area (Å²) >= 11 is 0. The fourth-order valence-electron chi connectivity index (χ4n) is 4.39. The molecule has 2 fully saturated rings. The second-order valence-electron chi connectivity index (χ2n) is 6.56. The molecular formula is C17H23NO. The van der Waals surface area contributed by atoms with Gasteiger partial charge >= 0.3 is 0 Å². The van der Waals surface area contributed by atoms with Gasteiger partial charge in [0.25, 0.3) is 0 Å². The monoisotopic (exact) mass is 257 g/mol. The number of ether oxygens (including phenoxy) is 1. The molecule has 2 heteroatoms. The maximum atomic E-state index is 6.20. The zero-order valence-corrected chi connectivity index (χ0v) is 11.5. The molecule has 3 unspecified atom stereocenters. The van der Waals surface area contributed by atoms with Crippen LogP contribution >= 0.6 is 0 Å². The molecule has 1 N–H and O–H groups in total. The summed E-state index contributed by atoms with van der Waals surface area (Å²) in [6, 6.07) is 6.45. The number of nitrogens with one attached hydrogen (secondary N) is 1. The number of rotatable bonds is 3. The van der Waals surface area contributed by atoms with Crippen molar-refractivity contribution >= 4 is 5.69 Å². The fraction of sp³-hybridized carbons (Fsp3) is 0.647. The van der Waals surface area contributed by atoms with Crippen molar-refractivity contribution in [2.75, 3.05) is 18.5 Å². The van der Waals surface area contributed by atoms with Crippen molar-refractivity contribution in [3.8, 4) is 5.75 Å². The van der Waals surface area contributed by atoms with Gasteiger partial charge in [-0.05, 0) is 62.0 Å². The third-order valence-corrected chi connectivity index (χ3v) is 5.39. The van der Waals surface area contributed by atoms with Gasteiger partial charge in [-0.2, -0.15) is 0 Å². The second-order valence-corrected chi connectivity index (χ2v) is 6.56. The van der Waals surface area contributed by atoms with E-state index in [2.05, 4.69) is 23.5 Å². The van der Waals surface area contributed by atoms with Crippen LogP contribution in [0.25, 0.3) is 0 Å². The van der Waals surface area contributed by atoms with Gasteiger partial charge < -0.3 is 10.1 Å². The molecule has 3 atom stereocenters. The van der Waals surface area contributed by atoms with Crippen LogP contribution in [0.2, 0.25) is 0 Å². The number of benzene rings is 1. The number of hydrogen-bond acceptors (Lipinski definition) is 2. The van der Waals surface area contributed by atoms with Crippen LogP contribution in [0.1, 0.15) is 37.7 Å². The smallest absolute Gasteiger partial charge is 0.124 e. The molecule has 3 aliphatic rings. The SMILES string of the molecule is c1cc2c(c(OCC3CC4CCC3C4)c1)CCCN2. The summed E-state index contributed by atoms with van der Waals surface area (Å²) in [5.74, 6) is 3.94. The molecule has 102 valence electrons. The van der Waals surface area contributed by atoms with E-state index >= 15 is 0 Å². The van der Waals surface area contributed by atoms with Crippen LogP contribution in [0.3, 0.4) is 0 Å². The highest BCUT2D eigenvalue weighted by Crippen LogP contribution is 2.48. The van der Waals surface area contributed by atoms with Gasteiger partial charge in [0.1, 0.15) is 5.75 Å². The summed E-state index contributed by atoms with van der Waals surface area (Å²) in [4.78, 5) is 0. The van der Waals surface area contributed by atoms with Crippen LogP contribution in [0.5, 0.6) is 5.75 Å². The zero-order chi connectivity index (χ0) is 12.7. The second kappa shape index (κ2) is 4.73. The lowest BCUT2D eigenvalue weighted by atomic mass is 9.89. The first-order valence-corrected chi connectivity index (χ1v) is 7.88. The Labute approximate surface area is 115 Å². The van der Waals surface area contributed by atoms with Crippen molar-refractivity contribution in [2.45, 2.75) is 38.5 Å². The molecule has 1 aromatic carbocycles. The van der Waals surface area contributed by atoms with E-state index in [-0.39, 0.29) is 0 Å². The molecule has 1 aromatic rings. The van der Waals surface area contributed by atoms with E-state index < -0.39 is 0 Å². The minimum absolute atomic E-state index is 0.825. The normalized spacial score (nSPS) is 31.9. The Kier molecular flexibility index (Phi) is 2.90. The van der Waals surface area contributed by atoms with Crippen molar-refractivity contribution in [1.29, 1.82) is 0 Å². The van der Waals surface area contributed by atoms with Crippen LogP contribution in [-0.2, 0) is 6.42 Å². The summed E-state index contributed by atoms with van der Waals surface area (Å²) in [5, 5.41) is 3.48. The Hall–Kier alpha value is -1.18. The molecule has 2 bridgehead atoms. The third kappa shape index (κ3) is 2.11. The average Bonchev–Trinajstić information content (AvgIpc) is 3.07. The van der Waals surface area contributed by atoms with Gasteiger partial charge in [0, 0.05) is 17.8 Å². The van der Waals surface area contributed by atoms with Crippen LogP contribution in [-0.4, -0.2) is 13.2 Å². The maximum absolute atomic E-state index is 6.20. The predicted molar refractivity (Wildman–Crippen MR) is 77.7 cm³/mol. The number of hydrogen-bond donors (Lipinski definition) is 1. The van der Waals surface area contributed by atoms with Crippen molar-refractivity contribution in [3.63, 3.8) is 0 Å². The zero-order valence-electron chi connectivity index (χ0n) is 11.5. The minimum Gasteiger partial charge on any atom is -0.493 e. The van der Waals surface area contributed by atoms with Gasteiger partial charge in [-0.3, -0.25) is 0 Å². The standard InChI is InChI=1S/C17H23NO/c1-4-16-15(3-2-8-18-16)17(5-1)19-11-14-10-12-6-7-13(14)9-12/h1,4-5,12-14,18H,2-3,6-11H2.